The van der Waals surface area contributed by atoms with E-state index in [4.69, 9.17) is 25.0 Å². The quantitative estimate of drug-likeness (QED) is 0.125. The van der Waals surface area contributed by atoms with Crippen molar-refractivity contribution in [1.29, 1.82) is 0 Å². The van der Waals surface area contributed by atoms with Crippen LogP contribution in [0.2, 0.25) is 0 Å². The molecule has 96 heavy (non-hydrogen) atoms. The van der Waals surface area contributed by atoms with E-state index >= 15 is 0 Å². The average molecular weight is 1300 g/mol. The molecular weight excluding hydrogens is 1200 g/mol. The maximum Gasteiger partial charge on any atom is 0.178 e. The van der Waals surface area contributed by atoms with E-state index in [0.717, 1.165) is 74.2 Å². The summed E-state index contributed by atoms with van der Waals surface area (Å²) in [5.41, 5.74) is 9.80. The molecule has 9 aromatic rings. The zero-order valence-electron chi connectivity index (χ0n) is 68.4. The van der Waals surface area contributed by atoms with Crippen LogP contribution in [0.3, 0.4) is 0 Å². The monoisotopic (exact) mass is 1300 g/mol. The van der Waals surface area contributed by atoms with Gasteiger partial charge in [-0.1, -0.05) is 12.1 Å². The van der Waals surface area contributed by atoms with Crippen LogP contribution in [0.1, 0.15) is 134 Å². The van der Waals surface area contributed by atoms with Crippen molar-refractivity contribution in [2.45, 2.75) is 186 Å². The van der Waals surface area contributed by atoms with Crippen molar-refractivity contribution in [3.63, 3.8) is 0 Å². The van der Waals surface area contributed by atoms with Crippen LogP contribution in [0.5, 0.6) is 0 Å². The van der Waals surface area contributed by atoms with Gasteiger partial charge in [0.05, 0.1) is 2.74 Å². The number of aromatic nitrogens is 12. The summed E-state index contributed by atoms with van der Waals surface area (Å²) < 4.78 is 90.5. The molecule has 498 valence electrons. The Morgan fingerprint density at radius 1 is 0.312 bits per heavy atom. The van der Waals surface area contributed by atoms with E-state index in [-0.39, 0.29) is 42.1 Å². The fraction of sp³-hybridized carbons (Fsp3) is 0.417. The molecule has 1 unspecified atom stereocenters. The van der Waals surface area contributed by atoms with Crippen LogP contribution < -0.4 is 58.8 Å². The number of fused-ring (bicyclic) bond motifs is 6. The third-order valence-corrected chi connectivity index (χ3v) is 19.2. The van der Waals surface area contributed by atoms with Crippen molar-refractivity contribution in [1.82, 2.24) is 59.8 Å². The first-order chi connectivity index (χ1) is 50.4. The first-order valence-corrected chi connectivity index (χ1v) is 32.4. The highest BCUT2D eigenvalue weighted by molar-refractivity contribution is 5.89. The third kappa shape index (κ3) is 10.3. The van der Waals surface area contributed by atoms with Crippen LogP contribution in [0.15, 0.2) is 123 Å². The van der Waals surface area contributed by atoms with E-state index < -0.39 is 44.9 Å². The summed E-state index contributed by atoms with van der Waals surface area (Å²) >= 11 is 0. The Morgan fingerprint density at radius 3 is 0.833 bits per heavy atom. The van der Waals surface area contributed by atoms with Gasteiger partial charge in [-0.2, -0.15) is 0 Å². The standard InChI is InChI=1S/2C25H32N8.C22H26N8/c2*1-15(2)30-18(6)32(24-22(30)26-11-13-28-24)20-9-8-10-21(17(20)5)33-19(7)31(16(3)4)23-25(33)29-14-12-27-23;1-13-11-17(29-15(3)27(5)19-21(29)25-9-7-23-19)14(2)18(12-13)30-16(4)28(6)20-22(30)26-10-8-24-20/h2*8-16,18-19H,1-7H3;7-12,15-16H,1-6H3/t2*18-,19+;15-,16+/i1D3,2D3,3D3,15D,16D;;/t16?,18-,19+;;/m0../s1. The first kappa shape index (κ1) is 52.1. The normalized spacial score (nSPS) is 22.6. The first-order valence-electron chi connectivity index (χ1n) is 37.9. The molecule has 3 aromatic carbocycles. The number of nitrogens with zero attached hydrogens (tertiary/aromatic N) is 24. The molecule has 15 rings (SSSR count). The number of hydrogen-bond acceptors (Lipinski definition) is 24. The summed E-state index contributed by atoms with van der Waals surface area (Å²) in [6, 6.07) is 11.7. The SMILES string of the molecule is Cc1c(N2c3nccnc3N(C(C)C)[C@@H]2C)cccc1N1c2nccnc2N(C(C)C)[C@H]1C.Cc1cc(N2c3nccnc3N(C)[C@H]2C)c(C)c(N2c3nccnc3N(C)[C@@H]2C)c1.[2H]C([2H])([2H])C([2H])(C)N1c2nccnc2N(c2cccc(N3c4nccnc4N(C([2H])(C([2H])([2H])[2H])C([2H])([2H])[2H])[C@@H]3C)c2C)[C@@H]1C. The van der Waals surface area contributed by atoms with Gasteiger partial charge in [-0.3, -0.25) is 0 Å². The second-order valence-corrected chi connectivity index (χ2v) is 25.4. The fourth-order valence-electron chi connectivity index (χ4n) is 14.7. The smallest absolute Gasteiger partial charge is 0.178 e. The molecule has 0 fully saturated rings. The van der Waals surface area contributed by atoms with Gasteiger partial charge < -0.3 is 58.8 Å². The van der Waals surface area contributed by atoms with Crippen LogP contribution in [0, 0.1) is 27.7 Å². The van der Waals surface area contributed by atoms with E-state index in [9.17, 15) is 0 Å². The topological polar surface area (TPSA) is 194 Å². The predicted octanol–water partition coefficient (Wildman–Crippen LogP) is 13.8. The van der Waals surface area contributed by atoms with Gasteiger partial charge in [-0.15, -0.1) is 0 Å². The van der Waals surface area contributed by atoms with E-state index in [1.54, 1.807) is 98.3 Å². The molecule has 7 atom stereocenters. The fourth-order valence-corrected chi connectivity index (χ4v) is 14.7. The van der Waals surface area contributed by atoms with Gasteiger partial charge in [0.2, 0.25) is 0 Å². The van der Waals surface area contributed by atoms with Gasteiger partial charge in [0.25, 0.3) is 0 Å². The number of anilines is 18. The maximum absolute atomic E-state index is 8.92. The van der Waals surface area contributed by atoms with Gasteiger partial charge in [-0.25, -0.2) is 59.8 Å². The molecule has 0 aliphatic carbocycles. The largest absolute Gasteiger partial charge is 0.336 e. The molecule has 24 nitrogen and oxygen atoms in total. The van der Waals surface area contributed by atoms with Crippen molar-refractivity contribution < 1.29 is 15.1 Å². The molecule has 6 aliphatic heterocycles. The zero-order valence-corrected chi connectivity index (χ0v) is 57.4. The average Bonchev–Trinajstić information content (AvgIpc) is 1.78. The van der Waals surface area contributed by atoms with Crippen LogP contribution in [0.25, 0.3) is 0 Å². The van der Waals surface area contributed by atoms with Crippen LogP contribution in [-0.4, -0.2) is 135 Å². The lowest BCUT2D eigenvalue weighted by Gasteiger charge is -2.35. The minimum atomic E-state index is -3.25. The Hall–Kier alpha value is -10.3. The molecule has 0 saturated carbocycles. The highest BCUT2D eigenvalue weighted by atomic mass is 15.5. The van der Waals surface area contributed by atoms with E-state index in [0.29, 0.717) is 34.8 Å². The molecule has 0 saturated heterocycles. The van der Waals surface area contributed by atoms with Crippen molar-refractivity contribution in [2.24, 2.45) is 0 Å². The Balaban J connectivity index is 0.000000145. The Morgan fingerprint density at radius 2 is 0.542 bits per heavy atom. The lowest BCUT2D eigenvalue weighted by Crippen LogP contribution is -2.43. The Kier molecular flexibility index (Phi) is 13.6. The van der Waals surface area contributed by atoms with Crippen molar-refractivity contribution >= 4 is 104 Å². The van der Waals surface area contributed by atoms with Crippen molar-refractivity contribution in [3.05, 3.63) is 145 Å². The molecule has 0 N–H and O–H groups in total. The minimum Gasteiger partial charge on any atom is -0.336 e. The molecule has 0 radical (unpaired) electrons. The molecule has 6 aromatic heterocycles. The molecule has 6 aliphatic rings. The van der Waals surface area contributed by atoms with E-state index in [2.05, 4.69) is 210 Å². The van der Waals surface area contributed by atoms with Crippen LogP contribution >= 0.6 is 0 Å². The molecular formula is C72H90N24. The van der Waals surface area contributed by atoms with Crippen molar-refractivity contribution in [3.8, 4) is 0 Å². The second-order valence-electron chi connectivity index (χ2n) is 25.4. The summed E-state index contributed by atoms with van der Waals surface area (Å²) in [6.45, 7) is 21.3. The maximum atomic E-state index is 8.92. The summed E-state index contributed by atoms with van der Waals surface area (Å²) in [7, 11) is 4.13. The molecule has 12 heterocycles. The van der Waals surface area contributed by atoms with Gasteiger partial charge in [0, 0.05) is 159 Å². The van der Waals surface area contributed by atoms with Crippen LogP contribution in [-0.2, 0) is 0 Å². The number of benzene rings is 3. The Bertz CT molecular complexity index is 4650. The molecule has 0 amide bonds. The van der Waals surface area contributed by atoms with Gasteiger partial charge in [0.1, 0.15) is 37.0 Å². The highest BCUT2D eigenvalue weighted by Gasteiger charge is 2.45. The second kappa shape index (κ2) is 25.1. The van der Waals surface area contributed by atoms with Crippen LogP contribution in [0.4, 0.5) is 104 Å². The highest BCUT2D eigenvalue weighted by Crippen LogP contribution is 2.52. The number of hydrogen-bond donors (Lipinski definition) is 0. The van der Waals surface area contributed by atoms with Gasteiger partial charge in [-0.05, 0) is 183 Å². The summed E-state index contributed by atoms with van der Waals surface area (Å²) in [4.78, 5) is 78.8. The van der Waals surface area contributed by atoms with Gasteiger partial charge in [0.15, 0.2) is 69.8 Å². The lowest BCUT2D eigenvalue weighted by molar-refractivity contribution is 0.598. The van der Waals surface area contributed by atoms with Crippen molar-refractivity contribution in [2.75, 3.05) is 72.9 Å². The zero-order chi connectivity index (χ0) is 77.4. The van der Waals surface area contributed by atoms with Gasteiger partial charge >= 0.3 is 0 Å². The third-order valence-electron chi connectivity index (χ3n) is 19.2. The summed E-state index contributed by atoms with van der Waals surface area (Å²) in [5, 5.41) is 0. The summed E-state index contributed by atoms with van der Waals surface area (Å²) in [5.74, 6) is 7.92. The summed E-state index contributed by atoms with van der Waals surface area (Å²) in [6.07, 6.45) is 18.4. The minimum absolute atomic E-state index is 0.0633. The van der Waals surface area contributed by atoms with E-state index in [1.165, 1.54) is 53.3 Å². The molecule has 24 heteroatoms. The Labute approximate surface area is 580 Å². The lowest BCUT2D eigenvalue weighted by atomic mass is 10.1. The number of aryl methyl sites for hydroxylation is 1. The molecule has 0 spiro atoms. The predicted molar refractivity (Wildman–Crippen MR) is 387 cm³/mol. The molecule has 0 bridgehead atoms. The number of rotatable bonds is 10. The van der Waals surface area contributed by atoms with E-state index in [1.807, 2.05) is 0 Å².